The number of aryl methyl sites for hydroxylation is 2. The first-order valence-electron chi connectivity index (χ1n) is 9.01. The summed E-state index contributed by atoms with van der Waals surface area (Å²) in [6.45, 7) is 4.57. The van der Waals surface area contributed by atoms with Gasteiger partial charge in [-0.05, 0) is 61.2 Å². The van der Waals surface area contributed by atoms with E-state index in [1.165, 1.54) is 5.56 Å². The Hall–Kier alpha value is -3.35. The monoisotopic (exact) mass is 380 g/mol. The third-order valence-corrected chi connectivity index (χ3v) is 4.63. The number of methoxy groups -OCH3 is 2. The van der Waals surface area contributed by atoms with Crippen LogP contribution in [-0.4, -0.2) is 41.7 Å². The summed E-state index contributed by atoms with van der Waals surface area (Å²) in [7, 11) is 3.20. The summed E-state index contributed by atoms with van der Waals surface area (Å²) in [5.41, 5.74) is 4.56. The Balaban J connectivity index is 1.60. The Morgan fingerprint density at radius 2 is 1.82 bits per heavy atom. The van der Waals surface area contributed by atoms with Crippen LogP contribution in [0.4, 0.5) is 0 Å². The van der Waals surface area contributed by atoms with E-state index in [0.717, 1.165) is 16.8 Å². The lowest BCUT2D eigenvalue weighted by atomic mass is 10.1. The third kappa shape index (κ3) is 4.31. The fourth-order valence-corrected chi connectivity index (χ4v) is 2.81. The first-order chi connectivity index (χ1) is 13.5. The van der Waals surface area contributed by atoms with E-state index in [9.17, 15) is 4.79 Å². The number of hydrogen-bond donors (Lipinski definition) is 1. The number of ether oxygens (including phenoxy) is 2. The number of benzene rings is 2. The van der Waals surface area contributed by atoms with Gasteiger partial charge in [0.1, 0.15) is 0 Å². The molecule has 7 nitrogen and oxygen atoms in total. The van der Waals surface area contributed by atoms with Crippen molar-refractivity contribution in [3.63, 3.8) is 0 Å². The molecule has 2 aromatic carbocycles. The maximum atomic E-state index is 12.4. The lowest BCUT2D eigenvalue weighted by Crippen LogP contribution is -2.26. The molecule has 0 aliphatic heterocycles. The second-order valence-corrected chi connectivity index (χ2v) is 6.51. The maximum absolute atomic E-state index is 12.4. The van der Waals surface area contributed by atoms with Crippen molar-refractivity contribution in [2.45, 2.75) is 20.3 Å². The number of carbonyl (C=O) groups excluding carboxylic acids is 1. The molecule has 0 saturated carbocycles. The van der Waals surface area contributed by atoms with Crippen molar-refractivity contribution in [3.8, 4) is 17.2 Å². The molecular formula is C21H24N4O3. The molecule has 0 atom stereocenters. The van der Waals surface area contributed by atoms with Crippen LogP contribution in [0.2, 0.25) is 0 Å². The van der Waals surface area contributed by atoms with Gasteiger partial charge in [-0.25, -0.2) is 4.68 Å². The van der Waals surface area contributed by atoms with Crippen molar-refractivity contribution in [2.75, 3.05) is 20.8 Å². The van der Waals surface area contributed by atoms with Crippen molar-refractivity contribution in [1.82, 2.24) is 20.3 Å². The second-order valence-electron chi connectivity index (χ2n) is 6.51. The zero-order valence-electron chi connectivity index (χ0n) is 16.5. The van der Waals surface area contributed by atoms with Crippen LogP contribution in [-0.2, 0) is 6.42 Å². The first-order valence-corrected chi connectivity index (χ1v) is 9.01. The number of nitrogens with zero attached hydrogens (tertiary/aromatic N) is 3. The van der Waals surface area contributed by atoms with Gasteiger partial charge in [0, 0.05) is 6.54 Å². The van der Waals surface area contributed by atoms with E-state index in [4.69, 9.17) is 9.47 Å². The highest BCUT2D eigenvalue weighted by atomic mass is 16.5. The minimum atomic E-state index is -0.254. The highest BCUT2D eigenvalue weighted by molar-refractivity contribution is 5.91. The van der Waals surface area contributed by atoms with Crippen molar-refractivity contribution in [3.05, 3.63) is 65.0 Å². The molecule has 0 radical (unpaired) electrons. The molecule has 28 heavy (non-hydrogen) atoms. The van der Waals surface area contributed by atoms with Gasteiger partial charge >= 0.3 is 0 Å². The molecule has 0 aliphatic rings. The topological polar surface area (TPSA) is 78.3 Å². The number of hydrogen-bond acceptors (Lipinski definition) is 5. The van der Waals surface area contributed by atoms with E-state index in [1.54, 1.807) is 25.1 Å². The van der Waals surface area contributed by atoms with Crippen LogP contribution < -0.4 is 14.8 Å². The molecule has 0 bridgehead atoms. The van der Waals surface area contributed by atoms with Gasteiger partial charge in [-0.1, -0.05) is 17.3 Å². The van der Waals surface area contributed by atoms with Gasteiger partial charge < -0.3 is 14.8 Å². The number of nitrogens with one attached hydrogen (secondary N) is 1. The van der Waals surface area contributed by atoms with Crippen LogP contribution in [0.1, 0.15) is 27.2 Å². The fraction of sp³-hybridized carbons (Fsp3) is 0.286. The van der Waals surface area contributed by atoms with Crippen molar-refractivity contribution in [2.24, 2.45) is 0 Å². The van der Waals surface area contributed by atoms with Crippen LogP contribution in [0.15, 0.2) is 42.6 Å². The van der Waals surface area contributed by atoms with Crippen molar-refractivity contribution in [1.29, 1.82) is 0 Å². The summed E-state index contributed by atoms with van der Waals surface area (Å²) in [6.07, 6.45) is 2.30. The lowest BCUT2D eigenvalue weighted by Gasteiger charge is -2.09. The number of aromatic nitrogens is 3. The molecule has 1 heterocycles. The predicted molar refractivity (Wildman–Crippen MR) is 106 cm³/mol. The molecule has 3 aromatic rings. The predicted octanol–water partition coefficient (Wildman–Crippen LogP) is 2.87. The van der Waals surface area contributed by atoms with Crippen LogP contribution in [0.25, 0.3) is 5.69 Å². The molecule has 0 unspecified atom stereocenters. The third-order valence-electron chi connectivity index (χ3n) is 4.63. The molecule has 3 rings (SSSR count). The Morgan fingerprint density at radius 1 is 1.04 bits per heavy atom. The van der Waals surface area contributed by atoms with Crippen LogP contribution in [0.3, 0.4) is 0 Å². The highest BCUT2D eigenvalue weighted by Gasteiger charge is 2.12. The molecule has 0 spiro atoms. The number of carbonyl (C=O) groups is 1. The highest BCUT2D eigenvalue weighted by Crippen LogP contribution is 2.27. The van der Waals surface area contributed by atoms with E-state index >= 15 is 0 Å². The largest absolute Gasteiger partial charge is 0.493 e. The molecule has 7 heteroatoms. The lowest BCUT2D eigenvalue weighted by molar-refractivity contribution is 0.0949. The van der Waals surface area contributed by atoms with Gasteiger partial charge in [-0.3, -0.25) is 4.79 Å². The zero-order valence-corrected chi connectivity index (χ0v) is 16.5. The Bertz CT molecular complexity index is 982. The van der Waals surface area contributed by atoms with Gasteiger partial charge in [-0.2, -0.15) is 0 Å². The Labute approximate surface area is 164 Å². The number of rotatable bonds is 7. The van der Waals surface area contributed by atoms with Gasteiger partial charge in [0.25, 0.3) is 5.91 Å². The first kappa shape index (κ1) is 19.4. The molecular weight excluding hydrogens is 356 g/mol. The van der Waals surface area contributed by atoms with Crippen LogP contribution >= 0.6 is 0 Å². The molecule has 0 aliphatic carbocycles. The van der Waals surface area contributed by atoms with Crippen LogP contribution in [0, 0.1) is 13.8 Å². The normalized spacial score (nSPS) is 10.6. The van der Waals surface area contributed by atoms with E-state index in [1.807, 2.05) is 43.3 Å². The average Bonchev–Trinajstić information content (AvgIpc) is 3.20. The average molecular weight is 380 g/mol. The Kier molecular flexibility index (Phi) is 5.93. The van der Waals surface area contributed by atoms with Crippen molar-refractivity contribution >= 4 is 5.91 Å². The summed E-state index contributed by atoms with van der Waals surface area (Å²) < 4.78 is 12.1. The maximum Gasteiger partial charge on any atom is 0.273 e. The van der Waals surface area contributed by atoms with Gasteiger partial charge in [0.15, 0.2) is 17.2 Å². The van der Waals surface area contributed by atoms with Gasteiger partial charge in [0.2, 0.25) is 0 Å². The summed E-state index contributed by atoms with van der Waals surface area (Å²) in [4.78, 5) is 12.4. The minimum Gasteiger partial charge on any atom is -0.493 e. The number of amides is 1. The molecule has 146 valence electrons. The molecule has 0 fully saturated rings. The van der Waals surface area contributed by atoms with E-state index in [2.05, 4.69) is 22.6 Å². The second kappa shape index (κ2) is 8.56. The standard InChI is InChI=1S/C21H24N4O3/c1-14-5-7-17(11-15(14)2)25-13-18(23-24-25)21(26)22-10-9-16-6-8-19(27-3)20(12-16)28-4/h5-8,11-13H,9-10H2,1-4H3,(H,22,26). The quantitative estimate of drug-likeness (QED) is 0.682. The van der Waals surface area contributed by atoms with Crippen molar-refractivity contribution < 1.29 is 14.3 Å². The van der Waals surface area contributed by atoms with Gasteiger partial charge in [0.05, 0.1) is 26.1 Å². The minimum absolute atomic E-state index is 0.254. The summed E-state index contributed by atoms with van der Waals surface area (Å²) in [5, 5.41) is 10.9. The summed E-state index contributed by atoms with van der Waals surface area (Å²) in [6, 6.07) is 11.7. The zero-order chi connectivity index (χ0) is 20.1. The smallest absolute Gasteiger partial charge is 0.273 e. The molecule has 1 amide bonds. The molecule has 0 saturated heterocycles. The SMILES string of the molecule is COc1ccc(CCNC(=O)c2cn(-c3ccc(C)c(C)c3)nn2)cc1OC. The van der Waals surface area contributed by atoms with E-state index in [-0.39, 0.29) is 11.6 Å². The summed E-state index contributed by atoms with van der Waals surface area (Å²) in [5.74, 6) is 1.09. The summed E-state index contributed by atoms with van der Waals surface area (Å²) >= 11 is 0. The van der Waals surface area contributed by atoms with Gasteiger partial charge in [-0.15, -0.1) is 5.10 Å². The Morgan fingerprint density at radius 3 is 2.54 bits per heavy atom. The molecule has 1 N–H and O–H groups in total. The van der Waals surface area contributed by atoms with Crippen LogP contribution in [0.5, 0.6) is 11.5 Å². The molecule has 1 aromatic heterocycles. The van der Waals surface area contributed by atoms with E-state index < -0.39 is 0 Å². The fourth-order valence-electron chi connectivity index (χ4n) is 2.81. The van der Waals surface area contributed by atoms with E-state index in [0.29, 0.717) is 24.5 Å².